The topological polar surface area (TPSA) is 80.3 Å². The highest BCUT2D eigenvalue weighted by molar-refractivity contribution is 5.53. The zero-order valence-electron chi connectivity index (χ0n) is 17.4. The van der Waals surface area contributed by atoms with Crippen LogP contribution in [0.3, 0.4) is 0 Å². The zero-order valence-corrected chi connectivity index (χ0v) is 17.4. The van der Waals surface area contributed by atoms with Crippen LogP contribution in [0.2, 0.25) is 0 Å². The second kappa shape index (κ2) is 9.09. The normalized spacial score (nSPS) is 13.7. The number of hydrogen-bond donors (Lipinski definition) is 1. The maximum absolute atomic E-state index is 12.6. The molecule has 1 aromatic carbocycles. The van der Waals surface area contributed by atoms with E-state index >= 15 is 0 Å². The predicted octanol–water partition coefficient (Wildman–Crippen LogP) is 3.19. The van der Waals surface area contributed by atoms with E-state index in [-0.39, 0.29) is 5.56 Å². The van der Waals surface area contributed by atoms with Gasteiger partial charge in [0.15, 0.2) is 0 Å². The first-order valence-corrected chi connectivity index (χ1v) is 10.3. The van der Waals surface area contributed by atoms with E-state index < -0.39 is 0 Å². The summed E-state index contributed by atoms with van der Waals surface area (Å²) in [4.78, 5) is 26.7. The summed E-state index contributed by atoms with van der Waals surface area (Å²) in [6.07, 6.45) is 4.08. The molecule has 4 rings (SSSR count). The molecule has 2 aromatic heterocycles. The van der Waals surface area contributed by atoms with Gasteiger partial charge in [-0.15, -0.1) is 0 Å². The molecule has 1 aliphatic heterocycles. The van der Waals surface area contributed by atoms with Crippen LogP contribution >= 0.6 is 0 Å². The Balaban J connectivity index is 1.59. The largest absolute Gasteiger partial charge is 0.494 e. The summed E-state index contributed by atoms with van der Waals surface area (Å²) in [5.41, 5.74) is 3.41. The van der Waals surface area contributed by atoms with E-state index in [0.717, 1.165) is 40.4 Å². The number of fused-ring (bicyclic) bond motifs is 1. The van der Waals surface area contributed by atoms with Crippen molar-refractivity contribution in [2.24, 2.45) is 0 Å². The van der Waals surface area contributed by atoms with Gasteiger partial charge in [-0.1, -0.05) is 0 Å². The van der Waals surface area contributed by atoms with Crippen molar-refractivity contribution in [3.8, 4) is 22.9 Å². The predicted molar refractivity (Wildman–Crippen MR) is 115 cm³/mol. The summed E-state index contributed by atoms with van der Waals surface area (Å²) >= 11 is 0. The molecule has 0 saturated carbocycles. The third kappa shape index (κ3) is 4.36. The van der Waals surface area contributed by atoms with Gasteiger partial charge >= 0.3 is 0 Å². The van der Waals surface area contributed by atoms with Gasteiger partial charge in [0.1, 0.15) is 17.3 Å². The van der Waals surface area contributed by atoms with Crippen LogP contribution in [-0.4, -0.2) is 39.6 Å². The van der Waals surface area contributed by atoms with E-state index in [1.165, 1.54) is 0 Å². The molecule has 0 bridgehead atoms. The first-order chi connectivity index (χ1) is 14.7. The zero-order chi connectivity index (χ0) is 20.9. The first kappa shape index (κ1) is 20.1. The quantitative estimate of drug-likeness (QED) is 0.649. The van der Waals surface area contributed by atoms with Crippen molar-refractivity contribution in [2.75, 3.05) is 19.8 Å². The summed E-state index contributed by atoms with van der Waals surface area (Å²) in [6.45, 7) is 7.27. The Labute approximate surface area is 175 Å². The maximum atomic E-state index is 12.6. The number of benzene rings is 1. The number of nitrogens with one attached hydrogen (secondary N) is 1. The maximum Gasteiger partial charge on any atom is 0.254 e. The molecule has 0 unspecified atom stereocenters. The summed E-state index contributed by atoms with van der Waals surface area (Å²) in [7, 11) is 0. The van der Waals surface area contributed by atoms with Gasteiger partial charge in [-0.25, -0.2) is 4.98 Å². The third-order valence-corrected chi connectivity index (χ3v) is 5.12. The van der Waals surface area contributed by atoms with E-state index in [1.54, 1.807) is 12.4 Å². The van der Waals surface area contributed by atoms with E-state index in [2.05, 4.69) is 14.9 Å². The molecule has 0 radical (unpaired) electrons. The van der Waals surface area contributed by atoms with Crippen LogP contribution in [0.1, 0.15) is 30.7 Å². The lowest BCUT2D eigenvalue weighted by atomic mass is 10.0. The molecule has 7 nitrogen and oxygen atoms in total. The van der Waals surface area contributed by atoms with E-state index in [1.807, 2.05) is 44.2 Å². The summed E-state index contributed by atoms with van der Waals surface area (Å²) in [5.74, 6) is 2.26. The Morgan fingerprint density at radius 1 is 1.17 bits per heavy atom. The number of aromatic amines is 1. The van der Waals surface area contributed by atoms with Gasteiger partial charge in [-0.2, -0.15) is 0 Å². The molecule has 1 N–H and O–H groups in total. The molecule has 0 atom stereocenters. The highest BCUT2D eigenvalue weighted by Gasteiger charge is 2.22. The number of ether oxygens (including phenoxy) is 2. The van der Waals surface area contributed by atoms with Crippen molar-refractivity contribution >= 4 is 0 Å². The molecular formula is C23H26N4O3. The lowest BCUT2D eigenvalue weighted by Gasteiger charge is -2.28. The number of nitrogens with zero attached hydrogens (tertiary/aromatic N) is 3. The number of hydrogen-bond acceptors (Lipinski definition) is 6. The van der Waals surface area contributed by atoms with Gasteiger partial charge in [0.25, 0.3) is 5.56 Å². The minimum Gasteiger partial charge on any atom is -0.494 e. The molecule has 0 spiro atoms. The molecule has 0 fully saturated rings. The number of pyridine rings is 1. The van der Waals surface area contributed by atoms with Crippen LogP contribution in [0.25, 0.3) is 11.4 Å². The van der Waals surface area contributed by atoms with Crippen LogP contribution in [0, 0.1) is 0 Å². The SMILES string of the molecule is CCOc1ccc(OCC)c(CN2CCc3c(nc(-c4cccnc4)[nH]c3=O)C2)c1. The van der Waals surface area contributed by atoms with Crippen LogP contribution in [0.15, 0.2) is 47.5 Å². The first-order valence-electron chi connectivity index (χ1n) is 10.3. The molecule has 30 heavy (non-hydrogen) atoms. The Hall–Kier alpha value is -3.19. The van der Waals surface area contributed by atoms with Crippen molar-refractivity contribution in [3.05, 3.63) is 69.9 Å². The monoisotopic (exact) mass is 406 g/mol. The molecule has 3 aromatic rings. The Kier molecular flexibility index (Phi) is 6.09. The molecule has 0 aliphatic carbocycles. The van der Waals surface area contributed by atoms with Crippen molar-refractivity contribution in [2.45, 2.75) is 33.4 Å². The van der Waals surface area contributed by atoms with Gasteiger partial charge < -0.3 is 14.5 Å². The van der Waals surface area contributed by atoms with Crippen LogP contribution in [0.5, 0.6) is 11.5 Å². The summed E-state index contributed by atoms with van der Waals surface area (Å²) in [6, 6.07) is 9.67. The lowest BCUT2D eigenvalue weighted by molar-refractivity contribution is 0.234. The number of rotatable bonds is 7. The average Bonchev–Trinajstić information content (AvgIpc) is 2.76. The van der Waals surface area contributed by atoms with Crippen molar-refractivity contribution < 1.29 is 9.47 Å². The minimum atomic E-state index is -0.0631. The second-order valence-corrected chi connectivity index (χ2v) is 7.18. The van der Waals surface area contributed by atoms with E-state index in [9.17, 15) is 4.79 Å². The molecular weight excluding hydrogens is 380 g/mol. The Bertz CT molecular complexity index is 1070. The lowest BCUT2D eigenvalue weighted by Crippen LogP contribution is -2.35. The fourth-order valence-corrected chi connectivity index (χ4v) is 3.74. The van der Waals surface area contributed by atoms with Gasteiger partial charge in [0.05, 0.1) is 18.9 Å². The Morgan fingerprint density at radius 3 is 2.80 bits per heavy atom. The van der Waals surface area contributed by atoms with Crippen LogP contribution in [-0.2, 0) is 19.5 Å². The summed E-state index contributed by atoms with van der Waals surface area (Å²) < 4.78 is 11.5. The number of H-pyrrole nitrogens is 1. The van der Waals surface area contributed by atoms with E-state index in [4.69, 9.17) is 14.5 Å². The standard InChI is InChI=1S/C23H26N4O3/c1-3-29-18-7-8-21(30-4-2)17(12-18)14-27-11-9-19-20(15-27)25-22(26-23(19)28)16-6-5-10-24-13-16/h5-8,10,12-13H,3-4,9,11,14-15H2,1-2H3,(H,25,26,28). The van der Waals surface area contributed by atoms with E-state index in [0.29, 0.717) is 38.5 Å². The smallest absolute Gasteiger partial charge is 0.254 e. The van der Waals surface area contributed by atoms with Gasteiger partial charge in [-0.3, -0.25) is 14.7 Å². The van der Waals surface area contributed by atoms with Crippen molar-refractivity contribution in [1.82, 2.24) is 19.9 Å². The molecule has 156 valence electrons. The number of aromatic nitrogens is 3. The van der Waals surface area contributed by atoms with Gasteiger partial charge in [0, 0.05) is 48.7 Å². The fourth-order valence-electron chi connectivity index (χ4n) is 3.74. The Morgan fingerprint density at radius 2 is 2.03 bits per heavy atom. The summed E-state index contributed by atoms with van der Waals surface area (Å²) in [5, 5.41) is 0. The second-order valence-electron chi connectivity index (χ2n) is 7.18. The minimum absolute atomic E-state index is 0.0631. The van der Waals surface area contributed by atoms with Crippen LogP contribution in [0.4, 0.5) is 0 Å². The van der Waals surface area contributed by atoms with Gasteiger partial charge in [0.2, 0.25) is 0 Å². The van der Waals surface area contributed by atoms with Crippen molar-refractivity contribution in [1.29, 1.82) is 0 Å². The molecule has 7 heteroatoms. The molecule has 3 heterocycles. The fraction of sp³-hybridized carbons (Fsp3) is 0.348. The third-order valence-electron chi connectivity index (χ3n) is 5.12. The van der Waals surface area contributed by atoms with Crippen molar-refractivity contribution in [3.63, 3.8) is 0 Å². The van der Waals surface area contributed by atoms with Crippen LogP contribution < -0.4 is 15.0 Å². The highest BCUT2D eigenvalue weighted by atomic mass is 16.5. The van der Waals surface area contributed by atoms with Gasteiger partial charge in [-0.05, 0) is 50.6 Å². The molecule has 1 aliphatic rings. The molecule has 0 saturated heterocycles. The molecule has 0 amide bonds. The highest BCUT2D eigenvalue weighted by Crippen LogP contribution is 2.28. The average molecular weight is 406 g/mol.